The van der Waals surface area contributed by atoms with E-state index in [1.165, 1.54) is 6.42 Å². The van der Waals surface area contributed by atoms with E-state index in [9.17, 15) is 4.79 Å². The summed E-state index contributed by atoms with van der Waals surface area (Å²) < 4.78 is 11.2. The van der Waals surface area contributed by atoms with Gasteiger partial charge in [0.15, 0.2) is 0 Å². The third kappa shape index (κ3) is 5.54. The molecule has 118 valence electrons. The van der Waals surface area contributed by atoms with Gasteiger partial charge in [0, 0.05) is 31.9 Å². The third-order valence-corrected chi connectivity index (χ3v) is 3.85. The van der Waals surface area contributed by atoms with Crippen molar-refractivity contribution in [3.8, 4) is 0 Å². The van der Waals surface area contributed by atoms with E-state index in [-0.39, 0.29) is 12.0 Å². The minimum absolute atomic E-state index is 0.0808. The van der Waals surface area contributed by atoms with Crippen molar-refractivity contribution in [2.75, 3.05) is 13.2 Å². The molecule has 1 amide bonds. The van der Waals surface area contributed by atoms with Crippen molar-refractivity contribution >= 4 is 5.91 Å². The largest absolute Gasteiger partial charge is 0.466 e. The minimum Gasteiger partial charge on any atom is -0.466 e. The highest BCUT2D eigenvalue weighted by Crippen LogP contribution is 2.47. The molecule has 1 aromatic heterocycles. The second-order valence-electron chi connectivity index (χ2n) is 6.25. The first-order valence-electron chi connectivity index (χ1n) is 8.03. The van der Waals surface area contributed by atoms with E-state index in [4.69, 9.17) is 9.15 Å². The molecular weight excluding hydrogens is 266 g/mol. The Bertz CT molecular complexity index is 453. The molecule has 1 aromatic rings. The predicted octanol–water partition coefficient (Wildman–Crippen LogP) is 3.27. The second kappa shape index (κ2) is 7.64. The monoisotopic (exact) mass is 293 g/mol. The van der Waals surface area contributed by atoms with Gasteiger partial charge in [-0.3, -0.25) is 4.79 Å². The van der Waals surface area contributed by atoms with Gasteiger partial charge in [-0.05, 0) is 44.7 Å². The number of hydrogen-bond acceptors (Lipinski definition) is 3. The van der Waals surface area contributed by atoms with Crippen molar-refractivity contribution in [1.82, 2.24) is 5.32 Å². The van der Waals surface area contributed by atoms with Crippen molar-refractivity contribution in [1.29, 1.82) is 0 Å². The number of furan rings is 1. The maximum Gasteiger partial charge on any atom is 0.220 e. The molecule has 0 spiro atoms. The summed E-state index contributed by atoms with van der Waals surface area (Å²) in [6.07, 6.45) is 3.50. The Balaban J connectivity index is 1.57. The number of carbonyl (C=O) groups is 1. The molecular formula is C17H27NO3. The standard InChI is InChI=1S/C17H27NO3/c1-12(2)20-10-4-9-18-17(19)8-6-14-5-7-16(21-14)15-11-13(15)3/h5,7,12-13,15H,4,6,8-11H2,1-3H3,(H,18,19)/t13-,15-/m1/s1. The third-order valence-electron chi connectivity index (χ3n) is 3.85. The number of ether oxygens (including phenoxy) is 1. The zero-order valence-electron chi connectivity index (χ0n) is 13.4. The molecule has 1 saturated carbocycles. The summed E-state index contributed by atoms with van der Waals surface area (Å²) in [6, 6.07) is 4.06. The van der Waals surface area contributed by atoms with Crippen LogP contribution in [-0.2, 0) is 16.0 Å². The van der Waals surface area contributed by atoms with E-state index in [0.717, 1.165) is 23.9 Å². The van der Waals surface area contributed by atoms with Gasteiger partial charge in [-0.15, -0.1) is 0 Å². The lowest BCUT2D eigenvalue weighted by Gasteiger charge is -2.08. The summed E-state index contributed by atoms with van der Waals surface area (Å²) in [4.78, 5) is 11.7. The summed E-state index contributed by atoms with van der Waals surface area (Å²) in [6.45, 7) is 7.63. The summed E-state index contributed by atoms with van der Waals surface area (Å²) >= 11 is 0. The zero-order valence-corrected chi connectivity index (χ0v) is 13.4. The molecule has 0 aliphatic heterocycles. The fourth-order valence-corrected chi connectivity index (χ4v) is 2.39. The highest BCUT2D eigenvalue weighted by atomic mass is 16.5. The Morgan fingerprint density at radius 1 is 1.48 bits per heavy atom. The molecule has 21 heavy (non-hydrogen) atoms. The van der Waals surface area contributed by atoms with Gasteiger partial charge in [0.2, 0.25) is 5.91 Å². The van der Waals surface area contributed by atoms with E-state index in [1.807, 2.05) is 19.9 Å². The zero-order chi connectivity index (χ0) is 15.2. The van der Waals surface area contributed by atoms with Crippen LogP contribution in [0.15, 0.2) is 16.5 Å². The van der Waals surface area contributed by atoms with E-state index < -0.39 is 0 Å². The van der Waals surface area contributed by atoms with Crippen LogP contribution in [0, 0.1) is 5.92 Å². The highest BCUT2D eigenvalue weighted by molar-refractivity contribution is 5.76. The lowest BCUT2D eigenvalue weighted by Crippen LogP contribution is -2.25. The first kappa shape index (κ1) is 16.1. The second-order valence-corrected chi connectivity index (χ2v) is 6.25. The molecule has 1 fully saturated rings. The van der Waals surface area contributed by atoms with Crippen LogP contribution in [0.25, 0.3) is 0 Å². The molecule has 0 unspecified atom stereocenters. The van der Waals surface area contributed by atoms with Gasteiger partial charge in [0.25, 0.3) is 0 Å². The van der Waals surface area contributed by atoms with Crippen LogP contribution < -0.4 is 5.32 Å². The van der Waals surface area contributed by atoms with Gasteiger partial charge >= 0.3 is 0 Å². The Morgan fingerprint density at radius 3 is 2.90 bits per heavy atom. The molecule has 0 bridgehead atoms. The molecule has 1 N–H and O–H groups in total. The first-order chi connectivity index (χ1) is 10.1. The fraction of sp³-hybridized carbons (Fsp3) is 0.706. The molecule has 2 atom stereocenters. The van der Waals surface area contributed by atoms with Crippen molar-refractivity contribution in [3.05, 3.63) is 23.7 Å². The Hall–Kier alpha value is -1.29. The topological polar surface area (TPSA) is 51.5 Å². The quantitative estimate of drug-likeness (QED) is 0.711. The number of aryl methyl sites for hydroxylation is 1. The Morgan fingerprint density at radius 2 is 2.24 bits per heavy atom. The number of hydrogen-bond donors (Lipinski definition) is 1. The van der Waals surface area contributed by atoms with Crippen LogP contribution in [-0.4, -0.2) is 25.2 Å². The van der Waals surface area contributed by atoms with E-state index in [0.29, 0.717) is 31.9 Å². The smallest absolute Gasteiger partial charge is 0.220 e. The van der Waals surface area contributed by atoms with Gasteiger partial charge in [0.05, 0.1) is 6.10 Å². The molecule has 4 heteroatoms. The molecule has 1 aliphatic carbocycles. The van der Waals surface area contributed by atoms with Crippen LogP contribution >= 0.6 is 0 Å². The summed E-state index contributed by atoms with van der Waals surface area (Å²) in [5, 5.41) is 2.92. The summed E-state index contributed by atoms with van der Waals surface area (Å²) in [5.74, 6) is 3.44. The van der Waals surface area contributed by atoms with Crippen molar-refractivity contribution in [3.63, 3.8) is 0 Å². The van der Waals surface area contributed by atoms with Crippen molar-refractivity contribution < 1.29 is 13.9 Å². The lowest BCUT2D eigenvalue weighted by atomic mass is 10.2. The highest BCUT2D eigenvalue weighted by Gasteiger charge is 2.36. The van der Waals surface area contributed by atoms with Crippen LogP contribution in [0.5, 0.6) is 0 Å². The number of nitrogens with one attached hydrogen (secondary N) is 1. The van der Waals surface area contributed by atoms with Gasteiger partial charge in [-0.1, -0.05) is 6.92 Å². The summed E-state index contributed by atoms with van der Waals surface area (Å²) in [7, 11) is 0. The number of amides is 1. The van der Waals surface area contributed by atoms with Gasteiger partial charge in [-0.25, -0.2) is 0 Å². The number of rotatable bonds is 9. The first-order valence-corrected chi connectivity index (χ1v) is 8.03. The van der Waals surface area contributed by atoms with Crippen molar-refractivity contribution in [2.45, 2.75) is 58.5 Å². The molecule has 2 rings (SSSR count). The lowest BCUT2D eigenvalue weighted by molar-refractivity contribution is -0.121. The molecule has 1 heterocycles. The fourth-order valence-electron chi connectivity index (χ4n) is 2.39. The van der Waals surface area contributed by atoms with Gasteiger partial charge in [0.1, 0.15) is 11.5 Å². The Kier molecular flexibility index (Phi) is 5.85. The SMILES string of the molecule is CC(C)OCCCNC(=O)CCc1ccc([C@@H]2C[C@H]2C)o1. The normalized spacial score (nSPS) is 20.8. The van der Waals surface area contributed by atoms with Gasteiger partial charge < -0.3 is 14.5 Å². The molecule has 1 aliphatic rings. The average molecular weight is 293 g/mol. The average Bonchev–Trinajstić information content (AvgIpc) is 2.99. The minimum atomic E-state index is 0.0808. The maximum atomic E-state index is 11.7. The van der Waals surface area contributed by atoms with E-state index in [1.54, 1.807) is 0 Å². The van der Waals surface area contributed by atoms with Crippen molar-refractivity contribution in [2.24, 2.45) is 5.92 Å². The van der Waals surface area contributed by atoms with Crippen LogP contribution in [0.4, 0.5) is 0 Å². The Labute approximate surface area is 127 Å². The molecule has 0 radical (unpaired) electrons. The van der Waals surface area contributed by atoms with Crippen LogP contribution in [0.1, 0.15) is 57.5 Å². The summed E-state index contributed by atoms with van der Waals surface area (Å²) in [5.41, 5.74) is 0. The number of carbonyl (C=O) groups excluding carboxylic acids is 1. The molecule has 0 saturated heterocycles. The molecule has 4 nitrogen and oxygen atoms in total. The van der Waals surface area contributed by atoms with E-state index in [2.05, 4.69) is 18.3 Å². The molecule has 0 aromatic carbocycles. The van der Waals surface area contributed by atoms with Crippen LogP contribution in [0.2, 0.25) is 0 Å². The van der Waals surface area contributed by atoms with Crippen LogP contribution in [0.3, 0.4) is 0 Å². The predicted molar refractivity (Wildman–Crippen MR) is 82.3 cm³/mol. The van der Waals surface area contributed by atoms with Gasteiger partial charge in [-0.2, -0.15) is 0 Å². The maximum absolute atomic E-state index is 11.7. The van der Waals surface area contributed by atoms with E-state index >= 15 is 0 Å².